The van der Waals surface area contributed by atoms with E-state index in [1.165, 1.54) is 0 Å². The summed E-state index contributed by atoms with van der Waals surface area (Å²) in [6, 6.07) is 11.7. The van der Waals surface area contributed by atoms with Gasteiger partial charge in [0.25, 0.3) is 0 Å². The quantitative estimate of drug-likeness (QED) is 0.631. The fourth-order valence-corrected chi connectivity index (χ4v) is 2.68. The number of carbonyl (C=O) groups excluding carboxylic acids is 1. The standard InChI is InChI=1S/C17H16N2O2/c1-3-21-16(20)14-9-10-15(13-7-5-4-6-8-13)17(11-14,12-18)19-2/h4-9,15H,3,10-11H2,1H3/t15-,17?/m0/s1. The summed E-state index contributed by atoms with van der Waals surface area (Å²) in [6.07, 6.45) is 2.41. The van der Waals surface area contributed by atoms with Gasteiger partial charge >= 0.3 is 11.5 Å². The lowest BCUT2D eigenvalue weighted by Gasteiger charge is -2.28. The SMILES string of the molecule is [C-]#[N+]C1(C#N)CC(C(=O)OCC)=CC[C@H]1c1ccccc1. The first-order valence-corrected chi connectivity index (χ1v) is 6.88. The third-order valence-electron chi connectivity index (χ3n) is 3.77. The number of carbonyl (C=O) groups is 1. The van der Waals surface area contributed by atoms with E-state index in [0.29, 0.717) is 12.0 Å². The van der Waals surface area contributed by atoms with Crippen LogP contribution < -0.4 is 0 Å². The smallest absolute Gasteiger partial charge is 0.334 e. The predicted octanol–water partition coefficient (Wildman–Crippen LogP) is 3.24. The third kappa shape index (κ3) is 2.80. The molecule has 1 aromatic rings. The molecule has 0 amide bonds. The van der Waals surface area contributed by atoms with Gasteiger partial charge in [-0.2, -0.15) is 5.26 Å². The number of nitriles is 1. The van der Waals surface area contributed by atoms with Crippen LogP contribution in [0.2, 0.25) is 0 Å². The summed E-state index contributed by atoms with van der Waals surface area (Å²) in [7, 11) is 0. The van der Waals surface area contributed by atoms with E-state index in [-0.39, 0.29) is 18.9 Å². The summed E-state index contributed by atoms with van der Waals surface area (Å²) < 4.78 is 4.99. The molecule has 0 aromatic heterocycles. The molecule has 1 aliphatic rings. The highest BCUT2D eigenvalue weighted by atomic mass is 16.5. The average molecular weight is 280 g/mol. The number of rotatable bonds is 3. The highest BCUT2D eigenvalue weighted by Gasteiger charge is 2.50. The zero-order valence-corrected chi connectivity index (χ0v) is 11.9. The van der Waals surface area contributed by atoms with Gasteiger partial charge in [0.2, 0.25) is 0 Å². The molecule has 4 nitrogen and oxygen atoms in total. The lowest BCUT2D eigenvalue weighted by molar-refractivity contribution is -0.138. The van der Waals surface area contributed by atoms with Crippen LogP contribution in [0.4, 0.5) is 0 Å². The minimum Gasteiger partial charge on any atom is -0.463 e. The molecule has 106 valence electrons. The van der Waals surface area contributed by atoms with Crippen molar-refractivity contribution in [1.29, 1.82) is 5.26 Å². The predicted molar refractivity (Wildman–Crippen MR) is 78.1 cm³/mol. The molecule has 0 saturated heterocycles. The van der Waals surface area contributed by atoms with E-state index >= 15 is 0 Å². The minimum absolute atomic E-state index is 0.116. The van der Waals surface area contributed by atoms with Gasteiger partial charge in [-0.05, 0) is 18.9 Å². The summed E-state index contributed by atoms with van der Waals surface area (Å²) in [5.41, 5.74) is 0.147. The van der Waals surface area contributed by atoms with E-state index in [4.69, 9.17) is 11.3 Å². The Kier molecular flexibility index (Phi) is 4.40. The molecule has 21 heavy (non-hydrogen) atoms. The maximum atomic E-state index is 11.9. The highest BCUT2D eigenvalue weighted by Crippen LogP contribution is 2.43. The summed E-state index contributed by atoms with van der Waals surface area (Å²) in [5.74, 6) is -0.647. The number of esters is 1. The Labute approximate surface area is 124 Å². The van der Waals surface area contributed by atoms with Crippen molar-refractivity contribution in [2.24, 2.45) is 0 Å². The molecule has 2 atom stereocenters. The normalized spacial score (nSPS) is 24.3. The maximum absolute atomic E-state index is 11.9. The van der Waals surface area contributed by atoms with E-state index in [1.807, 2.05) is 30.3 Å². The molecule has 0 aliphatic heterocycles. The van der Waals surface area contributed by atoms with Gasteiger partial charge in [-0.15, -0.1) is 0 Å². The molecule has 1 aliphatic carbocycles. The zero-order valence-electron chi connectivity index (χ0n) is 11.9. The molecule has 1 aromatic carbocycles. The second kappa shape index (κ2) is 6.24. The largest absolute Gasteiger partial charge is 0.463 e. The first-order valence-electron chi connectivity index (χ1n) is 6.88. The Morgan fingerprint density at radius 1 is 1.52 bits per heavy atom. The molecule has 2 rings (SSSR count). The molecular formula is C17H16N2O2. The number of hydrogen-bond donors (Lipinski definition) is 0. The van der Waals surface area contributed by atoms with Gasteiger partial charge in [-0.25, -0.2) is 11.4 Å². The Morgan fingerprint density at radius 3 is 2.81 bits per heavy atom. The van der Waals surface area contributed by atoms with Gasteiger partial charge in [0, 0.05) is 5.57 Å². The molecule has 0 heterocycles. The zero-order chi connectivity index (χ0) is 15.3. The number of ether oxygens (including phenoxy) is 1. The monoisotopic (exact) mass is 280 g/mol. The Bertz CT molecular complexity index is 621. The summed E-state index contributed by atoms with van der Waals surface area (Å²) in [4.78, 5) is 15.4. The van der Waals surface area contributed by atoms with Crippen molar-refractivity contribution in [2.75, 3.05) is 6.61 Å². The Morgan fingerprint density at radius 2 is 2.24 bits per heavy atom. The van der Waals surface area contributed by atoms with Gasteiger partial charge in [-0.3, -0.25) is 4.85 Å². The molecule has 0 fully saturated rings. The first-order chi connectivity index (χ1) is 10.2. The first kappa shape index (κ1) is 14.8. The van der Waals surface area contributed by atoms with Gasteiger partial charge in [-0.1, -0.05) is 36.4 Å². The second-order valence-electron chi connectivity index (χ2n) is 4.97. The molecule has 4 heteroatoms. The van der Waals surface area contributed by atoms with E-state index in [0.717, 1.165) is 5.56 Å². The van der Waals surface area contributed by atoms with Crippen LogP contribution in [-0.2, 0) is 9.53 Å². The summed E-state index contributed by atoms with van der Waals surface area (Å²) in [5, 5.41) is 9.56. The fraction of sp³-hybridized carbons (Fsp3) is 0.353. The van der Waals surface area contributed by atoms with Gasteiger partial charge < -0.3 is 4.74 Å². The van der Waals surface area contributed by atoms with Crippen LogP contribution in [0.3, 0.4) is 0 Å². The molecule has 0 spiro atoms. The number of benzene rings is 1. The van der Waals surface area contributed by atoms with Crippen molar-refractivity contribution in [2.45, 2.75) is 31.2 Å². The molecular weight excluding hydrogens is 264 g/mol. The number of allylic oxidation sites excluding steroid dienone is 1. The van der Waals surface area contributed by atoms with E-state index < -0.39 is 11.5 Å². The van der Waals surface area contributed by atoms with E-state index in [1.54, 1.807) is 13.0 Å². The molecule has 0 N–H and O–H groups in total. The van der Waals surface area contributed by atoms with Crippen LogP contribution in [0.1, 0.15) is 31.2 Å². The van der Waals surface area contributed by atoms with E-state index in [2.05, 4.69) is 10.9 Å². The number of nitrogens with zero attached hydrogens (tertiary/aromatic N) is 2. The van der Waals surface area contributed by atoms with Crippen molar-refractivity contribution in [1.82, 2.24) is 0 Å². The van der Waals surface area contributed by atoms with Gasteiger partial charge in [0.1, 0.15) is 0 Å². The molecule has 1 unspecified atom stereocenters. The van der Waals surface area contributed by atoms with Gasteiger partial charge in [0.05, 0.1) is 18.9 Å². The fourth-order valence-electron chi connectivity index (χ4n) is 2.68. The van der Waals surface area contributed by atoms with Crippen molar-refractivity contribution < 1.29 is 9.53 Å². The lowest BCUT2D eigenvalue weighted by Crippen LogP contribution is -2.36. The highest BCUT2D eigenvalue weighted by molar-refractivity contribution is 5.89. The maximum Gasteiger partial charge on any atom is 0.334 e. The van der Waals surface area contributed by atoms with Crippen molar-refractivity contribution in [3.8, 4) is 6.07 Å². The van der Waals surface area contributed by atoms with Crippen molar-refractivity contribution in [3.05, 3.63) is 59.0 Å². The van der Waals surface area contributed by atoms with Crippen LogP contribution in [0.25, 0.3) is 4.85 Å². The lowest BCUT2D eigenvalue weighted by atomic mass is 9.71. The Balaban J connectivity index is 2.38. The van der Waals surface area contributed by atoms with Crippen LogP contribution in [0.5, 0.6) is 0 Å². The molecule has 0 saturated carbocycles. The van der Waals surface area contributed by atoms with Crippen LogP contribution in [-0.4, -0.2) is 18.1 Å². The second-order valence-corrected chi connectivity index (χ2v) is 4.97. The Hall–Kier alpha value is -2.59. The van der Waals surface area contributed by atoms with Crippen LogP contribution in [0.15, 0.2) is 42.0 Å². The molecule has 0 bridgehead atoms. The van der Waals surface area contributed by atoms with Crippen LogP contribution >= 0.6 is 0 Å². The van der Waals surface area contributed by atoms with Crippen molar-refractivity contribution >= 4 is 5.97 Å². The van der Waals surface area contributed by atoms with Crippen molar-refractivity contribution in [3.63, 3.8) is 0 Å². The summed E-state index contributed by atoms with van der Waals surface area (Å²) in [6.45, 7) is 9.51. The third-order valence-corrected chi connectivity index (χ3v) is 3.77. The molecule has 0 radical (unpaired) electrons. The van der Waals surface area contributed by atoms with Gasteiger partial charge in [0.15, 0.2) is 6.07 Å². The minimum atomic E-state index is -1.24. The van der Waals surface area contributed by atoms with E-state index in [9.17, 15) is 10.1 Å². The number of hydrogen-bond acceptors (Lipinski definition) is 3. The average Bonchev–Trinajstić information content (AvgIpc) is 2.55. The van der Waals surface area contributed by atoms with Crippen LogP contribution in [0, 0.1) is 17.9 Å². The topological polar surface area (TPSA) is 54.5 Å². The summed E-state index contributed by atoms with van der Waals surface area (Å²) >= 11 is 0.